The van der Waals surface area contributed by atoms with Gasteiger partial charge < -0.3 is 19.5 Å². The second-order valence-electron chi connectivity index (χ2n) is 8.51. The van der Waals surface area contributed by atoms with E-state index in [0.29, 0.717) is 39.0 Å². The molecule has 2 aliphatic heterocycles. The number of aryl methyl sites for hydroxylation is 1. The van der Waals surface area contributed by atoms with E-state index >= 15 is 0 Å². The monoisotopic (exact) mass is 374 g/mol. The van der Waals surface area contributed by atoms with Crippen molar-refractivity contribution in [3.63, 3.8) is 0 Å². The Hall–Kier alpha value is -1.89. The minimum atomic E-state index is -0.742. The topological polar surface area (TPSA) is 78.7 Å². The third kappa shape index (κ3) is 3.61. The SMILES string of the molecule is Cc1nccn1CC(=O)N1CC[C@@]2(O)CCN(C(=O)C3CCCC3)C[C@H]2C1. The summed E-state index contributed by atoms with van der Waals surface area (Å²) in [6.45, 7) is 4.48. The van der Waals surface area contributed by atoms with Crippen molar-refractivity contribution in [2.75, 3.05) is 26.2 Å². The Morgan fingerprint density at radius 2 is 1.85 bits per heavy atom. The second kappa shape index (κ2) is 7.26. The van der Waals surface area contributed by atoms with Crippen molar-refractivity contribution in [2.24, 2.45) is 11.8 Å². The Balaban J connectivity index is 1.40. The molecule has 0 spiro atoms. The molecule has 3 heterocycles. The Morgan fingerprint density at radius 3 is 2.52 bits per heavy atom. The summed E-state index contributed by atoms with van der Waals surface area (Å²) in [6, 6.07) is 0. The number of rotatable bonds is 3. The van der Waals surface area contributed by atoms with Gasteiger partial charge in [-0.1, -0.05) is 12.8 Å². The van der Waals surface area contributed by atoms with E-state index in [4.69, 9.17) is 0 Å². The molecular formula is C20H30N4O3. The number of imidazole rings is 1. The number of carbonyl (C=O) groups excluding carboxylic acids is 2. The molecule has 7 nitrogen and oxygen atoms in total. The lowest BCUT2D eigenvalue weighted by atomic mass is 9.75. The zero-order valence-corrected chi connectivity index (χ0v) is 16.1. The highest BCUT2D eigenvalue weighted by Gasteiger charge is 2.47. The van der Waals surface area contributed by atoms with E-state index in [1.807, 2.05) is 27.5 Å². The number of fused-ring (bicyclic) bond motifs is 1. The summed E-state index contributed by atoms with van der Waals surface area (Å²) in [5, 5.41) is 11.1. The fourth-order valence-electron chi connectivity index (χ4n) is 4.98. The van der Waals surface area contributed by atoms with Crippen LogP contribution in [0.5, 0.6) is 0 Å². The predicted octanol–water partition coefficient (Wildman–Crippen LogP) is 1.19. The zero-order chi connectivity index (χ0) is 19.0. The number of amides is 2. The van der Waals surface area contributed by atoms with E-state index in [0.717, 1.165) is 31.5 Å². The standard InChI is InChI=1S/C20H30N4O3/c1-15-21-8-11-22(15)14-18(25)23-9-6-20(27)7-10-24(13-17(20)12-23)19(26)16-4-2-3-5-16/h8,11,16-17,27H,2-7,9-10,12-14H2,1H3/t17-,20-/m1/s1. The first-order valence-corrected chi connectivity index (χ1v) is 10.2. The first kappa shape index (κ1) is 18.5. The van der Waals surface area contributed by atoms with Crippen LogP contribution in [0.15, 0.2) is 12.4 Å². The molecule has 1 N–H and O–H groups in total. The maximum Gasteiger partial charge on any atom is 0.242 e. The van der Waals surface area contributed by atoms with Gasteiger partial charge in [-0.05, 0) is 32.6 Å². The van der Waals surface area contributed by atoms with Gasteiger partial charge in [-0.2, -0.15) is 0 Å². The van der Waals surface area contributed by atoms with E-state index in [-0.39, 0.29) is 30.2 Å². The highest BCUT2D eigenvalue weighted by molar-refractivity contribution is 5.79. The minimum absolute atomic E-state index is 0.0531. The fraction of sp³-hybridized carbons (Fsp3) is 0.750. The van der Waals surface area contributed by atoms with Crippen LogP contribution in [0.2, 0.25) is 0 Å². The van der Waals surface area contributed by atoms with E-state index in [9.17, 15) is 14.7 Å². The van der Waals surface area contributed by atoms with Gasteiger partial charge in [0.1, 0.15) is 12.4 Å². The van der Waals surface area contributed by atoms with E-state index in [1.165, 1.54) is 0 Å². The molecule has 1 aliphatic carbocycles. The summed E-state index contributed by atoms with van der Waals surface area (Å²) < 4.78 is 1.85. The van der Waals surface area contributed by atoms with Gasteiger partial charge >= 0.3 is 0 Å². The van der Waals surface area contributed by atoms with Crippen LogP contribution in [0.4, 0.5) is 0 Å². The number of aromatic nitrogens is 2. The first-order chi connectivity index (χ1) is 13.0. The average Bonchev–Trinajstić information content (AvgIpc) is 3.32. The lowest BCUT2D eigenvalue weighted by molar-refractivity contribution is -0.156. The molecule has 7 heteroatoms. The fourth-order valence-corrected chi connectivity index (χ4v) is 4.98. The molecule has 2 amide bonds. The number of aliphatic hydroxyl groups is 1. The largest absolute Gasteiger partial charge is 0.389 e. The predicted molar refractivity (Wildman–Crippen MR) is 99.8 cm³/mol. The van der Waals surface area contributed by atoms with Gasteiger partial charge in [0.15, 0.2) is 0 Å². The Labute approximate surface area is 160 Å². The molecule has 0 unspecified atom stereocenters. The van der Waals surface area contributed by atoms with Crippen LogP contribution in [0, 0.1) is 18.8 Å². The molecule has 0 bridgehead atoms. The van der Waals surface area contributed by atoms with Crippen molar-refractivity contribution < 1.29 is 14.7 Å². The van der Waals surface area contributed by atoms with Gasteiger partial charge in [-0.25, -0.2) is 4.98 Å². The molecule has 148 valence electrons. The highest BCUT2D eigenvalue weighted by Crippen LogP contribution is 2.37. The number of carbonyl (C=O) groups is 2. The van der Waals surface area contributed by atoms with Crippen LogP contribution in [-0.4, -0.2) is 68.1 Å². The lowest BCUT2D eigenvalue weighted by Crippen LogP contribution is -2.62. The first-order valence-electron chi connectivity index (χ1n) is 10.2. The van der Waals surface area contributed by atoms with Crippen LogP contribution in [0.1, 0.15) is 44.3 Å². The van der Waals surface area contributed by atoms with E-state index < -0.39 is 5.60 Å². The van der Waals surface area contributed by atoms with Crippen molar-refractivity contribution in [2.45, 2.75) is 57.6 Å². The summed E-state index contributed by atoms with van der Waals surface area (Å²) in [6.07, 6.45) is 9.03. The number of nitrogens with zero attached hydrogens (tertiary/aromatic N) is 4. The molecule has 4 rings (SSSR count). The lowest BCUT2D eigenvalue weighted by Gasteiger charge is -2.50. The maximum absolute atomic E-state index is 12.8. The van der Waals surface area contributed by atoms with Crippen molar-refractivity contribution in [1.82, 2.24) is 19.4 Å². The summed E-state index contributed by atoms with van der Waals surface area (Å²) >= 11 is 0. The molecule has 0 radical (unpaired) electrons. The molecule has 3 aliphatic rings. The Morgan fingerprint density at radius 1 is 1.19 bits per heavy atom. The zero-order valence-electron chi connectivity index (χ0n) is 16.1. The van der Waals surface area contributed by atoms with Crippen LogP contribution in [0.3, 0.4) is 0 Å². The van der Waals surface area contributed by atoms with Gasteiger partial charge in [0.25, 0.3) is 0 Å². The van der Waals surface area contributed by atoms with Gasteiger partial charge in [0, 0.05) is 50.4 Å². The van der Waals surface area contributed by atoms with Crippen LogP contribution >= 0.6 is 0 Å². The molecule has 27 heavy (non-hydrogen) atoms. The molecule has 2 atom stereocenters. The number of hydrogen-bond donors (Lipinski definition) is 1. The molecule has 1 aromatic heterocycles. The summed E-state index contributed by atoms with van der Waals surface area (Å²) in [5.74, 6) is 1.24. The molecule has 2 saturated heterocycles. The molecule has 1 aromatic rings. The highest BCUT2D eigenvalue weighted by atomic mass is 16.3. The van der Waals surface area contributed by atoms with Crippen molar-refractivity contribution in [3.05, 3.63) is 18.2 Å². The number of hydrogen-bond acceptors (Lipinski definition) is 4. The molecule has 0 aromatic carbocycles. The third-order valence-electron chi connectivity index (χ3n) is 6.87. The van der Waals surface area contributed by atoms with Gasteiger partial charge in [0.05, 0.1) is 5.60 Å². The Kier molecular flexibility index (Phi) is 4.97. The Bertz CT molecular complexity index is 712. The van der Waals surface area contributed by atoms with Crippen LogP contribution in [-0.2, 0) is 16.1 Å². The minimum Gasteiger partial charge on any atom is -0.389 e. The van der Waals surface area contributed by atoms with Gasteiger partial charge in [-0.15, -0.1) is 0 Å². The van der Waals surface area contributed by atoms with Gasteiger partial charge in [0.2, 0.25) is 11.8 Å². The normalized spacial score (nSPS) is 29.0. The summed E-state index contributed by atoms with van der Waals surface area (Å²) in [4.78, 5) is 33.5. The number of likely N-dealkylation sites (tertiary alicyclic amines) is 2. The molecular weight excluding hydrogens is 344 g/mol. The van der Waals surface area contributed by atoms with Gasteiger partial charge in [-0.3, -0.25) is 9.59 Å². The molecule has 1 saturated carbocycles. The smallest absolute Gasteiger partial charge is 0.242 e. The van der Waals surface area contributed by atoms with Crippen molar-refractivity contribution in [3.8, 4) is 0 Å². The number of piperidine rings is 2. The van der Waals surface area contributed by atoms with Crippen LogP contribution < -0.4 is 0 Å². The van der Waals surface area contributed by atoms with Crippen molar-refractivity contribution >= 4 is 11.8 Å². The third-order valence-corrected chi connectivity index (χ3v) is 6.87. The second-order valence-corrected chi connectivity index (χ2v) is 8.51. The van der Waals surface area contributed by atoms with E-state index in [2.05, 4.69) is 4.98 Å². The quantitative estimate of drug-likeness (QED) is 0.862. The molecule has 3 fully saturated rings. The van der Waals surface area contributed by atoms with Crippen LogP contribution in [0.25, 0.3) is 0 Å². The summed E-state index contributed by atoms with van der Waals surface area (Å²) in [7, 11) is 0. The summed E-state index contributed by atoms with van der Waals surface area (Å²) in [5.41, 5.74) is -0.742. The maximum atomic E-state index is 12.8. The average molecular weight is 374 g/mol. The van der Waals surface area contributed by atoms with E-state index in [1.54, 1.807) is 6.20 Å². The van der Waals surface area contributed by atoms with Crippen molar-refractivity contribution in [1.29, 1.82) is 0 Å².